The molecule has 0 spiro atoms. The number of hydrogen-bond donors (Lipinski definition) is 0. The van der Waals surface area contributed by atoms with E-state index in [1.165, 1.54) is 17.6 Å². The van der Waals surface area contributed by atoms with Gasteiger partial charge in [-0.15, -0.1) is 10.2 Å². The van der Waals surface area contributed by atoms with Crippen molar-refractivity contribution in [3.63, 3.8) is 0 Å². The second-order valence-corrected chi connectivity index (χ2v) is 3.51. The molecular formula is C8H10N6. The molecule has 72 valence electrons. The van der Waals surface area contributed by atoms with Crippen molar-refractivity contribution in [2.45, 2.75) is 18.9 Å². The molecule has 0 radical (unpaired) electrons. The Bertz CT molecular complexity index is 452. The fourth-order valence-electron chi connectivity index (χ4n) is 1.49. The molecule has 1 fully saturated rings. The molecule has 6 heteroatoms. The van der Waals surface area contributed by atoms with Crippen molar-refractivity contribution in [3.05, 3.63) is 12.5 Å². The van der Waals surface area contributed by atoms with Crippen LogP contribution in [0.4, 0.5) is 0 Å². The minimum atomic E-state index is 0.571. The topological polar surface area (TPSA) is 61.4 Å². The van der Waals surface area contributed by atoms with E-state index in [4.69, 9.17) is 0 Å². The molecule has 1 aliphatic carbocycles. The Morgan fingerprint density at radius 3 is 2.93 bits per heavy atom. The van der Waals surface area contributed by atoms with Crippen molar-refractivity contribution in [2.75, 3.05) is 0 Å². The Morgan fingerprint density at radius 2 is 2.29 bits per heavy atom. The van der Waals surface area contributed by atoms with Gasteiger partial charge in [-0.25, -0.2) is 0 Å². The van der Waals surface area contributed by atoms with E-state index < -0.39 is 0 Å². The van der Waals surface area contributed by atoms with Gasteiger partial charge in [0.25, 0.3) is 0 Å². The number of hydrogen-bond acceptors (Lipinski definition) is 4. The van der Waals surface area contributed by atoms with Gasteiger partial charge < -0.3 is 4.57 Å². The lowest BCUT2D eigenvalue weighted by Crippen LogP contribution is -1.97. The molecule has 14 heavy (non-hydrogen) atoms. The Morgan fingerprint density at radius 1 is 1.43 bits per heavy atom. The predicted octanol–water partition coefficient (Wildman–Crippen LogP) is 0.408. The first-order valence-corrected chi connectivity index (χ1v) is 4.61. The number of aryl methyl sites for hydroxylation is 1. The lowest BCUT2D eigenvalue weighted by Gasteiger charge is -1.99. The zero-order chi connectivity index (χ0) is 9.54. The van der Waals surface area contributed by atoms with E-state index >= 15 is 0 Å². The first-order valence-electron chi connectivity index (χ1n) is 4.61. The third kappa shape index (κ3) is 1.11. The zero-order valence-electron chi connectivity index (χ0n) is 7.83. The van der Waals surface area contributed by atoms with Gasteiger partial charge in [0, 0.05) is 13.1 Å². The van der Waals surface area contributed by atoms with Crippen LogP contribution in [0.1, 0.15) is 18.9 Å². The lowest BCUT2D eigenvalue weighted by atomic mass is 10.4. The van der Waals surface area contributed by atoms with Crippen molar-refractivity contribution in [1.29, 1.82) is 0 Å². The SMILES string of the molecule is Cn1ncc(-c2nncn2C2CC2)n1. The molecule has 0 bridgehead atoms. The van der Waals surface area contributed by atoms with Gasteiger partial charge >= 0.3 is 0 Å². The molecule has 1 saturated carbocycles. The maximum absolute atomic E-state index is 4.21. The summed E-state index contributed by atoms with van der Waals surface area (Å²) in [6, 6.07) is 0.571. The van der Waals surface area contributed by atoms with Crippen LogP contribution in [0.25, 0.3) is 11.5 Å². The standard InChI is InChI=1S/C8H10N6/c1-13-10-4-7(12-13)8-11-9-5-14(8)6-2-3-6/h4-6H,2-3H2,1H3. The summed E-state index contributed by atoms with van der Waals surface area (Å²) in [6.45, 7) is 0. The fourth-order valence-corrected chi connectivity index (χ4v) is 1.49. The van der Waals surface area contributed by atoms with Crippen molar-refractivity contribution < 1.29 is 0 Å². The molecule has 0 N–H and O–H groups in total. The Kier molecular flexibility index (Phi) is 1.44. The maximum atomic E-state index is 4.21. The van der Waals surface area contributed by atoms with Crippen molar-refractivity contribution in [3.8, 4) is 11.5 Å². The van der Waals surface area contributed by atoms with Crippen molar-refractivity contribution in [2.24, 2.45) is 7.05 Å². The first kappa shape index (κ1) is 7.66. The number of rotatable bonds is 2. The minimum Gasteiger partial charge on any atom is -0.309 e. The third-order valence-electron chi connectivity index (χ3n) is 2.34. The van der Waals surface area contributed by atoms with Crippen LogP contribution in [0.15, 0.2) is 12.5 Å². The molecule has 1 aliphatic rings. The van der Waals surface area contributed by atoms with Gasteiger partial charge in [0.15, 0.2) is 11.5 Å². The van der Waals surface area contributed by atoms with Crippen LogP contribution >= 0.6 is 0 Å². The van der Waals surface area contributed by atoms with E-state index in [0.717, 1.165) is 11.5 Å². The summed E-state index contributed by atoms with van der Waals surface area (Å²) in [6.07, 6.45) is 5.90. The molecule has 0 aliphatic heterocycles. The van der Waals surface area contributed by atoms with Gasteiger partial charge in [-0.2, -0.15) is 15.0 Å². The monoisotopic (exact) mass is 190 g/mol. The van der Waals surface area contributed by atoms with Crippen LogP contribution in [-0.4, -0.2) is 29.8 Å². The van der Waals surface area contributed by atoms with Crippen LogP contribution in [0, 0.1) is 0 Å². The summed E-state index contributed by atoms with van der Waals surface area (Å²) in [5, 5.41) is 16.2. The smallest absolute Gasteiger partial charge is 0.186 e. The summed E-state index contributed by atoms with van der Waals surface area (Å²) >= 11 is 0. The van der Waals surface area contributed by atoms with Crippen LogP contribution in [0.3, 0.4) is 0 Å². The third-order valence-corrected chi connectivity index (χ3v) is 2.34. The van der Waals surface area contributed by atoms with Gasteiger partial charge in [0.05, 0.1) is 6.20 Å². The van der Waals surface area contributed by atoms with Gasteiger partial charge in [0.2, 0.25) is 0 Å². The number of nitrogens with zero attached hydrogens (tertiary/aromatic N) is 6. The van der Waals surface area contributed by atoms with Crippen molar-refractivity contribution in [1.82, 2.24) is 29.8 Å². The summed E-state index contributed by atoms with van der Waals surface area (Å²) < 4.78 is 2.07. The normalized spacial score (nSPS) is 16.1. The minimum absolute atomic E-state index is 0.571. The molecule has 2 heterocycles. The highest BCUT2D eigenvalue weighted by atomic mass is 15.5. The molecule has 0 unspecified atom stereocenters. The molecule has 0 saturated heterocycles. The molecule has 6 nitrogen and oxygen atoms in total. The van der Waals surface area contributed by atoms with Crippen LogP contribution in [-0.2, 0) is 7.05 Å². The quantitative estimate of drug-likeness (QED) is 0.688. The average Bonchev–Trinajstić information content (AvgIpc) is 2.75. The van der Waals surface area contributed by atoms with E-state index in [1.54, 1.807) is 19.6 Å². The molecule has 2 aromatic heterocycles. The number of aromatic nitrogens is 6. The van der Waals surface area contributed by atoms with Crippen LogP contribution in [0.2, 0.25) is 0 Å². The summed E-state index contributed by atoms with van der Waals surface area (Å²) in [4.78, 5) is 1.53. The fraction of sp³-hybridized carbons (Fsp3) is 0.500. The zero-order valence-corrected chi connectivity index (χ0v) is 7.83. The van der Waals surface area contributed by atoms with Gasteiger partial charge in [-0.3, -0.25) is 0 Å². The molecule has 3 rings (SSSR count). The largest absolute Gasteiger partial charge is 0.309 e. The predicted molar refractivity (Wildman–Crippen MR) is 48.3 cm³/mol. The van der Waals surface area contributed by atoms with E-state index in [0.29, 0.717) is 6.04 Å². The second-order valence-electron chi connectivity index (χ2n) is 3.51. The highest BCUT2D eigenvalue weighted by Crippen LogP contribution is 2.36. The summed E-state index contributed by atoms with van der Waals surface area (Å²) in [5.41, 5.74) is 0.789. The van der Waals surface area contributed by atoms with E-state index in [-0.39, 0.29) is 0 Å². The maximum Gasteiger partial charge on any atom is 0.186 e. The summed E-state index contributed by atoms with van der Waals surface area (Å²) in [7, 11) is 1.79. The second kappa shape index (κ2) is 2.63. The highest BCUT2D eigenvalue weighted by Gasteiger charge is 2.27. The Balaban J connectivity index is 2.06. The van der Waals surface area contributed by atoms with E-state index in [2.05, 4.69) is 25.0 Å². The highest BCUT2D eigenvalue weighted by molar-refractivity contribution is 5.46. The van der Waals surface area contributed by atoms with Gasteiger partial charge in [-0.1, -0.05) is 0 Å². The van der Waals surface area contributed by atoms with Crippen molar-refractivity contribution >= 4 is 0 Å². The molecule has 2 aromatic rings. The average molecular weight is 190 g/mol. The molecule has 0 atom stereocenters. The molecular weight excluding hydrogens is 180 g/mol. The first-order chi connectivity index (χ1) is 6.84. The summed E-state index contributed by atoms with van der Waals surface area (Å²) in [5.74, 6) is 0.820. The van der Waals surface area contributed by atoms with Crippen LogP contribution in [0.5, 0.6) is 0 Å². The van der Waals surface area contributed by atoms with E-state index in [1.807, 2.05) is 0 Å². The van der Waals surface area contributed by atoms with Gasteiger partial charge in [-0.05, 0) is 12.8 Å². The van der Waals surface area contributed by atoms with Crippen LogP contribution < -0.4 is 0 Å². The van der Waals surface area contributed by atoms with Gasteiger partial charge in [0.1, 0.15) is 6.33 Å². The Labute approximate surface area is 80.6 Å². The Hall–Kier alpha value is -1.72. The lowest BCUT2D eigenvalue weighted by molar-refractivity contribution is 0.652. The molecule has 0 amide bonds. The van der Waals surface area contributed by atoms with E-state index in [9.17, 15) is 0 Å². The molecule has 0 aromatic carbocycles.